The van der Waals surface area contributed by atoms with Gasteiger partial charge in [0.05, 0.1) is 5.41 Å². The fraction of sp³-hybridized carbons (Fsp3) is 0.562. The van der Waals surface area contributed by atoms with E-state index in [4.69, 9.17) is 9.84 Å². The minimum absolute atomic E-state index is 0.0470. The number of benzene rings is 1. The van der Waals surface area contributed by atoms with Crippen LogP contribution >= 0.6 is 0 Å². The molecule has 0 aromatic heterocycles. The average Bonchev–Trinajstić information content (AvgIpc) is 2.51. The van der Waals surface area contributed by atoms with Crippen molar-refractivity contribution in [2.45, 2.75) is 45.1 Å². The standard InChI is InChI=1S/C16H18F6O4/c1-4-13(2,3)12(23)26-11-7-5-10(6-8-11)25-9-14(24,15(17,18)19)16(20,21)22/h5-8,24H,4,9H2,1-3H3. The van der Waals surface area contributed by atoms with Crippen molar-refractivity contribution in [1.29, 1.82) is 0 Å². The molecule has 0 bridgehead atoms. The van der Waals surface area contributed by atoms with Gasteiger partial charge in [0.25, 0.3) is 5.60 Å². The highest BCUT2D eigenvalue weighted by molar-refractivity contribution is 5.78. The number of esters is 1. The Morgan fingerprint density at radius 2 is 1.38 bits per heavy atom. The van der Waals surface area contributed by atoms with E-state index in [1.165, 1.54) is 0 Å². The number of alkyl halides is 6. The van der Waals surface area contributed by atoms with Crippen LogP contribution in [0, 0.1) is 5.41 Å². The molecule has 0 spiro atoms. The highest BCUT2D eigenvalue weighted by Crippen LogP contribution is 2.43. The molecule has 0 radical (unpaired) electrons. The Labute approximate surface area is 145 Å². The molecule has 1 aromatic carbocycles. The largest absolute Gasteiger partial charge is 0.490 e. The third-order valence-corrected chi connectivity index (χ3v) is 3.86. The van der Waals surface area contributed by atoms with Crippen molar-refractivity contribution < 1.29 is 45.7 Å². The second-order valence-electron chi connectivity index (χ2n) is 6.24. The van der Waals surface area contributed by atoms with Gasteiger partial charge in [-0.25, -0.2) is 0 Å². The predicted octanol–water partition coefficient (Wildman–Crippen LogP) is 4.26. The van der Waals surface area contributed by atoms with Crippen LogP contribution in [-0.4, -0.2) is 35.6 Å². The number of halogens is 6. The van der Waals surface area contributed by atoms with Gasteiger partial charge in [-0.1, -0.05) is 6.92 Å². The van der Waals surface area contributed by atoms with Crippen molar-refractivity contribution in [2.24, 2.45) is 5.41 Å². The second-order valence-corrected chi connectivity index (χ2v) is 6.24. The van der Waals surface area contributed by atoms with Gasteiger partial charge in [-0.15, -0.1) is 0 Å². The zero-order chi connectivity index (χ0) is 20.4. The maximum atomic E-state index is 12.5. The lowest BCUT2D eigenvalue weighted by atomic mass is 9.91. The number of hydrogen-bond acceptors (Lipinski definition) is 4. The van der Waals surface area contributed by atoms with E-state index >= 15 is 0 Å². The maximum Gasteiger partial charge on any atom is 0.429 e. The normalized spacial score (nSPS) is 13.5. The Balaban J connectivity index is 2.83. The van der Waals surface area contributed by atoms with Crippen LogP contribution < -0.4 is 9.47 Å². The van der Waals surface area contributed by atoms with Crippen molar-refractivity contribution in [2.75, 3.05) is 6.61 Å². The lowest BCUT2D eigenvalue weighted by Crippen LogP contribution is -2.60. The smallest absolute Gasteiger partial charge is 0.429 e. The van der Waals surface area contributed by atoms with Crippen LogP contribution in [0.3, 0.4) is 0 Å². The Morgan fingerprint density at radius 3 is 1.77 bits per heavy atom. The zero-order valence-corrected chi connectivity index (χ0v) is 14.2. The van der Waals surface area contributed by atoms with E-state index in [0.29, 0.717) is 6.42 Å². The molecule has 148 valence electrons. The minimum Gasteiger partial charge on any atom is -0.490 e. The number of aliphatic hydroxyl groups is 1. The summed E-state index contributed by atoms with van der Waals surface area (Å²) in [6.07, 6.45) is -11.4. The molecule has 0 saturated carbocycles. The van der Waals surface area contributed by atoms with Crippen LogP contribution in [0.1, 0.15) is 27.2 Å². The zero-order valence-electron chi connectivity index (χ0n) is 14.2. The molecule has 0 heterocycles. The molecular weight excluding hydrogens is 370 g/mol. The Kier molecular flexibility index (Phi) is 6.23. The fourth-order valence-corrected chi connectivity index (χ4v) is 1.51. The fourth-order valence-electron chi connectivity index (χ4n) is 1.51. The highest BCUT2D eigenvalue weighted by atomic mass is 19.4. The first kappa shape index (κ1) is 22.1. The van der Waals surface area contributed by atoms with E-state index in [1.807, 2.05) is 0 Å². The summed E-state index contributed by atoms with van der Waals surface area (Å²) in [5.74, 6) is -0.866. The summed E-state index contributed by atoms with van der Waals surface area (Å²) >= 11 is 0. The van der Waals surface area contributed by atoms with E-state index in [2.05, 4.69) is 4.74 Å². The van der Waals surface area contributed by atoms with E-state index in [0.717, 1.165) is 24.3 Å². The molecule has 0 fully saturated rings. The van der Waals surface area contributed by atoms with Crippen molar-refractivity contribution in [3.63, 3.8) is 0 Å². The Bertz CT molecular complexity index is 605. The summed E-state index contributed by atoms with van der Waals surface area (Å²) in [6, 6.07) is 4.35. The van der Waals surface area contributed by atoms with Crippen molar-refractivity contribution >= 4 is 5.97 Å². The number of ether oxygens (including phenoxy) is 2. The van der Waals surface area contributed by atoms with Gasteiger partial charge in [-0.2, -0.15) is 26.3 Å². The lowest BCUT2D eigenvalue weighted by molar-refractivity contribution is -0.373. The highest BCUT2D eigenvalue weighted by Gasteiger charge is 2.71. The van der Waals surface area contributed by atoms with Crippen LogP contribution in [0.2, 0.25) is 0 Å². The van der Waals surface area contributed by atoms with E-state index in [9.17, 15) is 31.1 Å². The van der Waals surface area contributed by atoms with Gasteiger partial charge in [-0.3, -0.25) is 4.79 Å². The first-order valence-electron chi connectivity index (χ1n) is 7.45. The maximum absolute atomic E-state index is 12.5. The third kappa shape index (κ3) is 4.80. The first-order valence-corrected chi connectivity index (χ1v) is 7.45. The van der Waals surface area contributed by atoms with Gasteiger partial charge in [0.15, 0.2) is 0 Å². The minimum atomic E-state index is -5.97. The number of hydrogen-bond donors (Lipinski definition) is 1. The molecular formula is C16H18F6O4. The molecule has 0 aliphatic heterocycles. The topological polar surface area (TPSA) is 55.8 Å². The van der Waals surface area contributed by atoms with Crippen LogP contribution in [0.4, 0.5) is 26.3 Å². The van der Waals surface area contributed by atoms with Crippen molar-refractivity contribution in [1.82, 2.24) is 0 Å². The molecule has 1 N–H and O–H groups in total. The molecule has 0 aliphatic carbocycles. The van der Waals surface area contributed by atoms with Crippen LogP contribution in [0.25, 0.3) is 0 Å². The molecule has 1 rings (SSSR count). The molecule has 10 heteroatoms. The van der Waals surface area contributed by atoms with Crippen LogP contribution in [-0.2, 0) is 4.79 Å². The van der Waals surface area contributed by atoms with E-state index in [-0.39, 0.29) is 11.5 Å². The van der Waals surface area contributed by atoms with Crippen LogP contribution in [0.15, 0.2) is 24.3 Å². The molecule has 0 atom stereocenters. The van der Waals surface area contributed by atoms with E-state index < -0.39 is 35.9 Å². The Morgan fingerprint density at radius 1 is 0.962 bits per heavy atom. The van der Waals surface area contributed by atoms with Gasteiger partial charge in [0.2, 0.25) is 0 Å². The summed E-state index contributed by atoms with van der Waals surface area (Å²) in [6.45, 7) is 3.02. The Hall–Kier alpha value is -1.97. The molecule has 1 aromatic rings. The molecule has 0 aliphatic rings. The van der Waals surface area contributed by atoms with Gasteiger partial charge >= 0.3 is 18.3 Å². The molecule has 0 amide bonds. The SMILES string of the molecule is CCC(C)(C)C(=O)Oc1ccc(OCC(O)(C(F)(F)F)C(F)(F)F)cc1. The number of carbonyl (C=O) groups is 1. The number of carbonyl (C=O) groups excluding carboxylic acids is 1. The van der Waals surface area contributed by atoms with Crippen molar-refractivity contribution in [3.05, 3.63) is 24.3 Å². The monoisotopic (exact) mass is 388 g/mol. The van der Waals surface area contributed by atoms with Crippen molar-refractivity contribution in [3.8, 4) is 11.5 Å². The van der Waals surface area contributed by atoms with E-state index in [1.54, 1.807) is 20.8 Å². The lowest BCUT2D eigenvalue weighted by Gasteiger charge is -2.31. The predicted molar refractivity (Wildman–Crippen MR) is 78.7 cm³/mol. The van der Waals surface area contributed by atoms with Gasteiger partial charge in [0, 0.05) is 0 Å². The number of rotatable bonds is 6. The van der Waals surface area contributed by atoms with Gasteiger partial charge < -0.3 is 14.6 Å². The molecule has 4 nitrogen and oxygen atoms in total. The summed E-state index contributed by atoms with van der Waals surface area (Å²) in [7, 11) is 0. The summed E-state index contributed by atoms with van der Waals surface area (Å²) in [5, 5.41) is 8.99. The third-order valence-electron chi connectivity index (χ3n) is 3.86. The van der Waals surface area contributed by atoms with Gasteiger partial charge in [0.1, 0.15) is 18.1 Å². The van der Waals surface area contributed by atoms with Gasteiger partial charge in [-0.05, 0) is 44.5 Å². The summed E-state index contributed by atoms with van der Waals surface area (Å²) in [4.78, 5) is 11.9. The first-order chi connectivity index (χ1) is 11.6. The molecule has 0 saturated heterocycles. The summed E-state index contributed by atoms with van der Waals surface area (Å²) < 4.78 is 84.8. The molecule has 26 heavy (non-hydrogen) atoms. The second kappa shape index (κ2) is 7.34. The summed E-state index contributed by atoms with van der Waals surface area (Å²) in [5.41, 5.74) is -5.76. The van der Waals surface area contributed by atoms with Crippen LogP contribution in [0.5, 0.6) is 11.5 Å². The molecule has 0 unspecified atom stereocenters. The quantitative estimate of drug-likeness (QED) is 0.450. The average molecular weight is 388 g/mol.